The van der Waals surface area contributed by atoms with Gasteiger partial charge in [-0.2, -0.15) is 0 Å². The van der Waals surface area contributed by atoms with E-state index in [9.17, 15) is 0 Å². The molecule has 0 aliphatic carbocycles. The fraction of sp³-hybridized carbons (Fsp3) is 0.538. The van der Waals surface area contributed by atoms with Crippen molar-refractivity contribution < 1.29 is 9.47 Å². The first kappa shape index (κ1) is 10.1. The number of benzene rings is 1. The molecule has 3 rings (SSSR count). The summed E-state index contributed by atoms with van der Waals surface area (Å²) in [4.78, 5) is 0. The van der Waals surface area contributed by atoms with Gasteiger partial charge in [0.1, 0.15) is 5.75 Å². The van der Waals surface area contributed by atoms with Crippen molar-refractivity contribution in [2.75, 3.05) is 26.4 Å². The average molecular weight is 219 g/mol. The van der Waals surface area contributed by atoms with Crippen molar-refractivity contribution in [3.63, 3.8) is 0 Å². The van der Waals surface area contributed by atoms with Gasteiger partial charge >= 0.3 is 0 Å². The lowest BCUT2D eigenvalue weighted by Crippen LogP contribution is -2.49. The van der Waals surface area contributed by atoms with E-state index in [0.717, 1.165) is 38.5 Å². The van der Waals surface area contributed by atoms with Gasteiger partial charge in [-0.15, -0.1) is 0 Å². The van der Waals surface area contributed by atoms with Gasteiger partial charge in [0.15, 0.2) is 0 Å². The van der Waals surface area contributed by atoms with Gasteiger partial charge in [-0.25, -0.2) is 0 Å². The molecule has 2 unspecified atom stereocenters. The quantitative estimate of drug-likeness (QED) is 0.770. The zero-order valence-electron chi connectivity index (χ0n) is 9.32. The van der Waals surface area contributed by atoms with E-state index in [-0.39, 0.29) is 0 Å². The van der Waals surface area contributed by atoms with Gasteiger partial charge in [0.25, 0.3) is 0 Å². The summed E-state index contributed by atoms with van der Waals surface area (Å²) in [6.45, 7) is 3.41. The molecule has 16 heavy (non-hydrogen) atoms. The van der Waals surface area contributed by atoms with Crippen molar-refractivity contribution in [1.29, 1.82) is 0 Å². The third kappa shape index (κ3) is 1.93. The molecule has 0 saturated carbocycles. The van der Waals surface area contributed by atoms with E-state index in [0.29, 0.717) is 12.0 Å². The maximum absolute atomic E-state index is 5.79. The van der Waals surface area contributed by atoms with Crippen LogP contribution in [0.1, 0.15) is 5.56 Å². The van der Waals surface area contributed by atoms with E-state index in [1.165, 1.54) is 5.56 Å². The third-order valence-corrected chi connectivity index (χ3v) is 3.43. The van der Waals surface area contributed by atoms with Crippen molar-refractivity contribution >= 4 is 0 Å². The van der Waals surface area contributed by atoms with Gasteiger partial charge in [-0.1, -0.05) is 18.2 Å². The number of hydrogen-bond donors (Lipinski definition) is 1. The lowest BCUT2D eigenvalue weighted by molar-refractivity contribution is 0.0418. The van der Waals surface area contributed by atoms with Crippen LogP contribution >= 0.6 is 0 Å². The molecular formula is C13H17NO2. The third-order valence-electron chi connectivity index (χ3n) is 3.43. The van der Waals surface area contributed by atoms with Crippen molar-refractivity contribution in [2.45, 2.75) is 12.5 Å². The fourth-order valence-corrected chi connectivity index (χ4v) is 2.50. The Hall–Kier alpha value is -1.06. The maximum Gasteiger partial charge on any atom is 0.122 e. The zero-order chi connectivity index (χ0) is 10.8. The van der Waals surface area contributed by atoms with Crippen LogP contribution in [0.2, 0.25) is 0 Å². The Balaban J connectivity index is 1.72. The number of fused-ring (bicyclic) bond motifs is 1. The Morgan fingerprint density at radius 3 is 3.00 bits per heavy atom. The molecule has 2 heterocycles. The van der Waals surface area contributed by atoms with Gasteiger partial charge in [-0.3, -0.25) is 0 Å². The van der Waals surface area contributed by atoms with Gasteiger partial charge < -0.3 is 14.8 Å². The van der Waals surface area contributed by atoms with Crippen molar-refractivity contribution in [3.05, 3.63) is 29.8 Å². The fourth-order valence-electron chi connectivity index (χ4n) is 2.50. The molecule has 1 aromatic rings. The highest BCUT2D eigenvalue weighted by atomic mass is 16.5. The molecule has 1 aromatic carbocycles. The highest BCUT2D eigenvalue weighted by Crippen LogP contribution is 2.28. The number of hydrogen-bond acceptors (Lipinski definition) is 3. The second-order valence-corrected chi connectivity index (χ2v) is 4.52. The predicted octanol–water partition coefficient (Wildman–Crippen LogP) is 1.23. The van der Waals surface area contributed by atoms with E-state index in [1.54, 1.807) is 0 Å². The first-order valence-corrected chi connectivity index (χ1v) is 5.95. The predicted molar refractivity (Wildman–Crippen MR) is 61.7 cm³/mol. The van der Waals surface area contributed by atoms with Crippen molar-refractivity contribution in [1.82, 2.24) is 5.32 Å². The number of rotatable bonds is 1. The average Bonchev–Trinajstić information content (AvgIpc) is 2.39. The van der Waals surface area contributed by atoms with Crippen LogP contribution in [0.5, 0.6) is 5.75 Å². The van der Waals surface area contributed by atoms with E-state index >= 15 is 0 Å². The largest absolute Gasteiger partial charge is 0.493 e. The summed E-state index contributed by atoms with van der Waals surface area (Å²) in [6.07, 6.45) is 1.09. The molecule has 1 fully saturated rings. The minimum atomic E-state index is 0.446. The van der Waals surface area contributed by atoms with Crippen LogP contribution in [0.3, 0.4) is 0 Å². The van der Waals surface area contributed by atoms with Crippen LogP contribution in [0.15, 0.2) is 24.3 Å². The standard InChI is InChI=1S/C13H17NO2/c1-2-4-13-10(3-1)7-11(8-16-13)12-9-15-6-5-14-12/h1-4,11-12,14H,5-9H2. The number of nitrogens with one attached hydrogen (secondary N) is 1. The molecule has 3 heteroatoms. The Bertz CT molecular complexity index is 361. The van der Waals surface area contributed by atoms with Crippen LogP contribution < -0.4 is 10.1 Å². The molecule has 2 aliphatic heterocycles. The van der Waals surface area contributed by atoms with Gasteiger partial charge in [0.05, 0.1) is 19.8 Å². The molecule has 0 bridgehead atoms. The molecule has 3 nitrogen and oxygen atoms in total. The summed E-state index contributed by atoms with van der Waals surface area (Å²) in [6, 6.07) is 8.76. The topological polar surface area (TPSA) is 30.5 Å². The maximum atomic E-state index is 5.79. The highest BCUT2D eigenvalue weighted by Gasteiger charge is 2.28. The molecule has 86 valence electrons. The lowest BCUT2D eigenvalue weighted by Gasteiger charge is -2.34. The summed E-state index contributed by atoms with van der Waals surface area (Å²) in [5.74, 6) is 1.59. The molecule has 0 spiro atoms. The minimum absolute atomic E-state index is 0.446. The minimum Gasteiger partial charge on any atom is -0.493 e. The summed E-state index contributed by atoms with van der Waals surface area (Å²) in [5.41, 5.74) is 1.33. The van der Waals surface area contributed by atoms with Crippen molar-refractivity contribution in [2.24, 2.45) is 5.92 Å². The van der Waals surface area contributed by atoms with E-state index < -0.39 is 0 Å². The number of morpholine rings is 1. The summed E-state index contributed by atoms with van der Waals surface area (Å²) >= 11 is 0. The molecule has 2 aliphatic rings. The van der Waals surface area contributed by atoms with Crippen LogP contribution in [-0.4, -0.2) is 32.4 Å². The van der Waals surface area contributed by atoms with Crippen molar-refractivity contribution in [3.8, 4) is 5.75 Å². The number of para-hydroxylation sites is 1. The molecule has 0 aromatic heterocycles. The summed E-state index contributed by atoms with van der Waals surface area (Å²) < 4.78 is 11.3. The molecule has 1 N–H and O–H groups in total. The Morgan fingerprint density at radius 1 is 1.19 bits per heavy atom. The van der Waals surface area contributed by atoms with Crippen LogP contribution in [0, 0.1) is 5.92 Å². The van der Waals surface area contributed by atoms with Gasteiger partial charge in [-0.05, 0) is 18.1 Å². The second-order valence-electron chi connectivity index (χ2n) is 4.52. The Kier molecular flexibility index (Phi) is 2.80. The summed E-state index contributed by atoms with van der Waals surface area (Å²) in [5, 5.41) is 3.51. The van der Waals surface area contributed by atoms with E-state index in [1.807, 2.05) is 6.07 Å². The SMILES string of the molecule is c1ccc2c(c1)CC(C1COCCN1)CO2. The molecule has 1 saturated heterocycles. The van der Waals surface area contributed by atoms with Gasteiger partial charge in [0.2, 0.25) is 0 Å². The Labute approximate surface area is 95.8 Å². The molecular weight excluding hydrogens is 202 g/mol. The summed E-state index contributed by atoms with van der Waals surface area (Å²) in [7, 11) is 0. The molecule has 2 atom stereocenters. The van der Waals surface area contributed by atoms with Crippen LogP contribution in [0.4, 0.5) is 0 Å². The first-order valence-electron chi connectivity index (χ1n) is 5.95. The normalized spacial score (nSPS) is 29.2. The molecule has 0 amide bonds. The lowest BCUT2D eigenvalue weighted by atomic mass is 9.90. The van der Waals surface area contributed by atoms with Gasteiger partial charge in [0, 0.05) is 18.5 Å². The molecule has 0 radical (unpaired) electrons. The second kappa shape index (κ2) is 4.44. The Morgan fingerprint density at radius 2 is 2.12 bits per heavy atom. The zero-order valence-corrected chi connectivity index (χ0v) is 9.32. The number of ether oxygens (including phenoxy) is 2. The highest BCUT2D eigenvalue weighted by molar-refractivity contribution is 5.35. The van der Waals surface area contributed by atoms with E-state index in [2.05, 4.69) is 23.5 Å². The van der Waals surface area contributed by atoms with Crippen LogP contribution in [-0.2, 0) is 11.2 Å². The smallest absolute Gasteiger partial charge is 0.122 e. The van der Waals surface area contributed by atoms with E-state index in [4.69, 9.17) is 9.47 Å². The van der Waals surface area contributed by atoms with Crippen LogP contribution in [0.25, 0.3) is 0 Å². The first-order chi connectivity index (χ1) is 7.93. The monoisotopic (exact) mass is 219 g/mol.